The molecule has 2 fully saturated rings. The first-order chi connectivity index (χ1) is 8.39. The van der Waals surface area contributed by atoms with Crippen LogP contribution in [0.5, 0.6) is 0 Å². The zero-order valence-corrected chi connectivity index (χ0v) is 11.7. The van der Waals surface area contributed by atoms with Crippen LogP contribution >= 0.6 is 0 Å². The molecule has 2 heterocycles. The maximum atomic E-state index is 12.3. The highest BCUT2D eigenvalue weighted by atomic mass is 16.2. The predicted octanol–water partition coefficient (Wildman–Crippen LogP) is 1.88. The van der Waals surface area contributed by atoms with E-state index in [0.29, 0.717) is 18.4 Å². The number of likely N-dealkylation sites (tertiary alicyclic amines) is 1. The molecular weight excluding hydrogens is 226 g/mol. The summed E-state index contributed by atoms with van der Waals surface area (Å²) in [4.78, 5) is 18.2. The van der Waals surface area contributed by atoms with Crippen LogP contribution in [-0.2, 0) is 4.79 Å². The van der Waals surface area contributed by atoms with Gasteiger partial charge in [0.15, 0.2) is 0 Å². The second-order valence-corrected chi connectivity index (χ2v) is 6.39. The first kappa shape index (κ1) is 13.4. The van der Waals surface area contributed by atoms with Crippen molar-refractivity contribution in [2.24, 2.45) is 11.3 Å². The van der Waals surface area contributed by atoms with Gasteiger partial charge in [0, 0.05) is 18.6 Å². The van der Waals surface area contributed by atoms with Crippen molar-refractivity contribution in [1.29, 1.82) is 0 Å². The molecule has 2 rings (SSSR count). The molecule has 0 radical (unpaired) electrons. The Hall–Kier alpha value is -1.08. The van der Waals surface area contributed by atoms with Crippen molar-refractivity contribution in [3.05, 3.63) is 11.4 Å². The highest BCUT2D eigenvalue weighted by Gasteiger charge is 2.57. The maximum absolute atomic E-state index is 12.3. The molecule has 1 unspecified atom stereocenters. The Morgan fingerprint density at radius 1 is 1.39 bits per heavy atom. The number of nitrogens with zero attached hydrogens (tertiary/aromatic N) is 2. The van der Waals surface area contributed by atoms with E-state index in [2.05, 4.69) is 42.8 Å². The molecule has 1 spiro atoms. The summed E-state index contributed by atoms with van der Waals surface area (Å²) in [7, 11) is 0. The van der Waals surface area contributed by atoms with Gasteiger partial charge in [-0.15, -0.1) is 0 Å². The Balaban J connectivity index is 2.20. The average Bonchev–Trinajstić information content (AvgIpc) is 2.82. The second-order valence-electron chi connectivity index (χ2n) is 6.39. The summed E-state index contributed by atoms with van der Waals surface area (Å²) < 4.78 is 0. The third-order valence-corrected chi connectivity index (χ3v) is 4.47. The summed E-state index contributed by atoms with van der Waals surface area (Å²) in [5.41, 5.74) is -0.311. The molecule has 0 saturated carbocycles. The van der Waals surface area contributed by atoms with Crippen molar-refractivity contribution in [1.82, 2.24) is 10.2 Å². The molecule has 1 amide bonds. The molecule has 0 aromatic rings. The van der Waals surface area contributed by atoms with Crippen molar-refractivity contribution in [2.45, 2.75) is 58.8 Å². The molecule has 2 aliphatic rings. The van der Waals surface area contributed by atoms with Gasteiger partial charge in [-0.1, -0.05) is 13.8 Å². The first-order valence-electron chi connectivity index (χ1n) is 6.83. The summed E-state index contributed by atoms with van der Waals surface area (Å²) in [5, 5.41) is 3.12. The Kier molecular flexibility index (Phi) is 3.37. The van der Waals surface area contributed by atoms with E-state index in [4.69, 9.17) is 6.57 Å². The lowest BCUT2D eigenvalue weighted by molar-refractivity contribution is -0.127. The Morgan fingerprint density at radius 2 is 2.06 bits per heavy atom. The number of carbonyl (C=O) groups is 1. The molecule has 0 aliphatic carbocycles. The fourth-order valence-corrected chi connectivity index (χ4v) is 3.23. The summed E-state index contributed by atoms with van der Waals surface area (Å²) in [5.74, 6) is 0.630. The van der Waals surface area contributed by atoms with E-state index in [1.807, 2.05) is 0 Å². The largest absolute Gasteiger partial charge is 0.353 e. The van der Waals surface area contributed by atoms with Gasteiger partial charge < -0.3 is 5.32 Å². The molecule has 2 saturated heterocycles. The van der Waals surface area contributed by atoms with Gasteiger partial charge in [-0.05, 0) is 26.2 Å². The lowest BCUT2D eigenvalue weighted by atomic mass is 9.81. The maximum Gasteiger partial charge on any atom is 0.281 e. The van der Waals surface area contributed by atoms with Crippen LogP contribution in [0, 0.1) is 17.9 Å². The molecule has 0 bridgehead atoms. The molecule has 100 valence electrons. The second kappa shape index (κ2) is 4.55. The van der Waals surface area contributed by atoms with Crippen LogP contribution in [-0.4, -0.2) is 35.6 Å². The minimum absolute atomic E-state index is 0.123. The number of amides is 1. The Labute approximate surface area is 110 Å². The topological polar surface area (TPSA) is 36.7 Å². The fourth-order valence-electron chi connectivity index (χ4n) is 3.23. The Morgan fingerprint density at radius 3 is 2.44 bits per heavy atom. The van der Waals surface area contributed by atoms with Crippen molar-refractivity contribution in [3.8, 4) is 0 Å². The minimum Gasteiger partial charge on any atom is -0.353 e. The molecule has 4 heteroatoms. The molecule has 0 aromatic carbocycles. The summed E-state index contributed by atoms with van der Waals surface area (Å²) in [6, 6.07) is 0.602. The summed E-state index contributed by atoms with van der Waals surface area (Å²) in [6.45, 7) is 16.6. The lowest BCUT2D eigenvalue weighted by Gasteiger charge is -2.23. The molecule has 18 heavy (non-hydrogen) atoms. The third-order valence-electron chi connectivity index (χ3n) is 4.47. The van der Waals surface area contributed by atoms with E-state index >= 15 is 0 Å². The van der Waals surface area contributed by atoms with Gasteiger partial charge >= 0.3 is 0 Å². The average molecular weight is 249 g/mol. The first-order valence-corrected chi connectivity index (χ1v) is 6.83. The van der Waals surface area contributed by atoms with Crippen LogP contribution in [0.25, 0.3) is 4.85 Å². The van der Waals surface area contributed by atoms with Crippen molar-refractivity contribution in [3.63, 3.8) is 0 Å². The van der Waals surface area contributed by atoms with Gasteiger partial charge in [0.05, 0.1) is 11.8 Å². The van der Waals surface area contributed by atoms with Crippen LogP contribution in [0.1, 0.15) is 40.5 Å². The molecular formula is C14H23N3O. The minimum atomic E-state index is -0.311. The lowest BCUT2D eigenvalue weighted by Crippen LogP contribution is -2.38. The van der Waals surface area contributed by atoms with Crippen LogP contribution < -0.4 is 5.32 Å². The standard InChI is InChI=1S/C14H23N3O/c1-9(2)11-6-14(13(18)16-11)7-12(15-5)17(8-14)10(3)4/h9-12H,6-8H2,1-4H3,(H,16,18)/t11?,12-,14-/m0/s1. The van der Waals surface area contributed by atoms with Crippen LogP contribution in [0.3, 0.4) is 0 Å². The van der Waals surface area contributed by atoms with Gasteiger partial charge in [-0.3, -0.25) is 9.64 Å². The summed E-state index contributed by atoms with van der Waals surface area (Å²) >= 11 is 0. The van der Waals surface area contributed by atoms with E-state index in [0.717, 1.165) is 13.0 Å². The van der Waals surface area contributed by atoms with Gasteiger partial charge in [-0.25, -0.2) is 11.5 Å². The van der Waals surface area contributed by atoms with Crippen molar-refractivity contribution >= 4 is 5.91 Å². The Bertz CT molecular complexity index is 385. The van der Waals surface area contributed by atoms with E-state index < -0.39 is 0 Å². The fraction of sp³-hybridized carbons (Fsp3) is 0.857. The van der Waals surface area contributed by atoms with E-state index in [-0.39, 0.29) is 23.5 Å². The van der Waals surface area contributed by atoms with Crippen LogP contribution in [0.4, 0.5) is 0 Å². The highest BCUT2D eigenvalue weighted by molar-refractivity contribution is 5.86. The normalized spacial score (nSPS) is 36.6. The number of hydrogen-bond donors (Lipinski definition) is 1. The SMILES string of the molecule is [C-]#[N+][C@@H]1C[C@@]2(CC(C(C)C)NC2=O)CN1C(C)C. The molecule has 4 nitrogen and oxygen atoms in total. The van der Waals surface area contributed by atoms with Crippen LogP contribution in [0.15, 0.2) is 0 Å². The quantitative estimate of drug-likeness (QED) is 0.759. The summed E-state index contributed by atoms with van der Waals surface area (Å²) in [6.07, 6.45) is 1.46. The van der Waals surface area contributed by atoms with Gasteiger partial charge in [0.1, 0.15) is 0 Å². The number of rotatable bonds is 2. The van der Waals surface area contributed by atoms with E-state index in [9.17, 15) is 4.79 Å². The van der Waals surface area contributed by atoms with Gasteiger partial charge in [-0.2, -0.15) is 0 Å². The highest BCUT2D eigenvalue weighted by Crippen LogP contribution is 2.44. The zero-order valence-electron chi connectivity index (χ0n) is 11.7. The van der Waals surface area contributed by atoms with Crippen molar-refractivity contribution < 1.29 is 4.79 Å². The molecule has 1 N–H and O–H groups in total. The van der Waals surface area contributed by atoms with E-state index in [1.165, 1.54) is 0 Å². The van der Waals surface area contributed by atoms with Gasteiger partial charge in [0.25, 0.3) is 6.17 Å². The van der Waals surface area contributed by atoms with E-state index in [1.54, 1.807) is 0 Å². The number of nitrogens with one attached hydrogen (secondary N) is 1. The molecule has 2 aliphatic heterocycles. The number of hydrogen-bond acceptors (Lipinski definition) is 2. The van der Waals surface area contributed by atoms with Gasteiger partial charge in [0.2, 0.25) is 5.91 Å². The predicted molar refractivity (Wildman–Crippen MR) is 70.7 cm³/mol. The monoisotopic (exact) mass is 249 g/mol. The zero-order chi connectivity index (χ0) is 13.5. The third kappa shape index (κ3) is 2.01. The number of carbonyl (C=O) groups excluding carboxylic acids is 1. The molecule has 3 atom stereocenters. The smallest absolute Gasteiger partial charge is 0.281 e. The molecule has 0 aromatic heterocycles. The van der Waals surface area contributed by atoms with Crippen molar-refractivity contribution in [2.75, 3.05) is 6.54 Å². The van der Waals surface area contributed by atoms with Crippen LogP contribution in [0.2, 0.25) is 0 Å².